The minimum absolute atomic E-state index is 0.0366. The van der Waals surface area contributed by atoms with Crippen molar-refractivity contribution in [2.24, 2.45) is 5.92 Å². The number of amides is 2. The van der Waals surface area contributed by atoms with Crippen LogP contribution in [0.5, 0.6) is 5.75 Å². The van der Waals surface area contributed by atoms with Crippen molar-refractivity contribution < 1.29 is 14.3 Å². The fourth-order valence-electron chi connectivity index (χ4n) is 2.84. The average Bonchev–Trinajstić information content (AvgIpc) is 3.28. The molecule has 7 heteroatoms. The molecule has 1 aromatic carbocycles. The fourth-order valence-corrected chi connectivity index (χ4v) is 3.36. The van der Waals surface area contributed by atoms with Gasteiger partial charge in [0.25, 0.3) is 5.91 Å². The zero-order valence-corrected chi connectivity index (χ0v) is 14.2. The Labute approximate surface area is 144 Å². The average molecular weight is 345 g/mol. The first-order valence-corrected chi connectivity index (χ1v) is 8.75. The van der Waals surface area contributed by atoms with Crippen molar-refractivity contribution in [3.05, 3.63) is 35.3 Å². The molecule has 0 saturated heterocycles. The second kappa shape index (κ2) is 7.44. The SMILES string of the molecule is COc1cc(NC(=O)C2CCCC2)ccc1C(=O)Nc1nccs1. The maximum atomic E-state index is 12.3. The van der Waals surface area contributed by atoms with Crippen LogP contribution in [0.2, 0.25) is 0 Å². The van der Waals surface area contributed by atoms with E-state index >= 15 is 0 Å². The van der Waals surface area contributed by atoms with Gasteiger partial charge in [0.1, 0.15) is 5.75 Å². The van der Waals surface area contributed by atoms with E-state index < -0.39 is 0 Å². The van der Waals surface area contributed by atoms with Gasteiger partial charge in [0.15, 0.2) is 5.13 Å². The predicted octanol–water partition coefficient (Wildman–Crippen LogP) is 3.53. The first kappa shape index (κ1) is 16.4. The maximum absolute atomic E-state index is 12.3. The van der Waals surface area contributed by atoms with Crippen LogP contribution in [-0.4, -0.2) is 23.9 Å². The summed E-state index contributed by atoms with van der Waals surface area (Å²) in [6.45, 7) is 0. The van der Waals surface area contributed by atoms with Gasteiger partial charge < -0.3 is 10.1 Å². The van der Waals surface area contributed by atoms with Gasteiger partial charge in [-0.2, -0.15) is 0 Å². The molecule has 1 aliphatic rings. The number of anilines is 2. The van der Waals surface area contributed by atoms with Gasteiger partial charge in [-0.05, 0) is 25.0 Å². The lowest BCUT2D eigenvalue weighted by molar-refractivity contribution is -0.119. The van der Waals surface area contributed by atoms with Crippen LogP contribution in [0.25, 0.3) is 0 Å². The van der Waals surface area contributed by atoms with E-state index in [2.05, 4.69) is 15.6 Å². The molecule has 1 saturated carbocycles. The molecule has 0 unspecified atom stereocenters. The second-order valence-electron chi connectivity index (χ2n) is 5.68. The van der Waals surface area contributed by atoms with Gasteiger partial charge in [-0.25, -0.2) is 4.98 Å². The number of hydrogen-bond acceptors (Lipinski definition) is 5. The zero-order valence-electron chi connectivity index (χ0n) is 13.4. The Morgan fingerprint density at radius 3 is 2.71 bits per heavy atom. The maximum Gasteiger partial charge on any atom is 0.261 e. The third-order valence-corrected chi connectivity index (χ3v) is 4.78. The van der Waals surface area contributed by atoms with E-state index in [1.54, 1.807) is 29.8 Å². The van der Waals surface area contributed by atoms with Crippen LogP contribution in [0.3, 0.4) is 0 Å². The minimum Gasteiger partial charge on any atom is -0.496 e. The number of rotatable bonds is 5. The zero-order chi connectivity index (χ0) is 16.9. The Hall–Kier alpha value is -2.41. The molecule has 1 heterocycles. The van der Waals surface area contributed by atoms with E-state index in [4.69, 9.17) is 4.74 Å². The highest BCUT2D eigenvalue weighted by Gasteiger charge is 2.23. The summed E-state index contributed by atoms with van der Waals surface area (Å²) in [6.07, 6.45) is 5.72. The number of carbonyl (C=O) groups is 2. The highest BCUT2D eigenvalue weighted by Crippen LogP contribution is 2.28. The van der Waals surface area contributed by atoms with Crippen molar-refractivity contribution in [1.29, 1.82) is 0 Å². The number of hydrogen-bond donors (Lipinski definition) is 2. The number of thiazole rings is 1. The number of benzene rings is 1. The molecule has 2 N–H and O–H groups in total. The summed E-state index contributed by atoms with van der Waals surface area (Å²) in [5.74, 6) is 0.238. The molecule has 0 bridgehead atoms. The summed E-state index contributed by atoms with van der Waals surface area (Å²) in [5.41, 5.74) is 1.03. The Kier molecular flexibility index (Phi) is 5.10. The van der Waals surface area contributed by atoms with Gasteiger partial charge in [-0.15, -0.1) is 11.3 Å². The third kappa shape index (κ3) is 3.73. The van der Waals surface area contributed by atoms with E-state index in [1.165, 1.54) is 18.4 Å². The number of ether oxygens (including phenoxy) is 1. The Balaban J connectivity index is 1.72. The van der Waals surface area contributed by atoms with Crippen molar-refractivity contribution in [2.45, 2.75) is 25.7 Å². The number of aromatic nitrogens is 1. The summed E-state index contributed by atoms with van der Waals surface area (Å²) in [4.78, 5) is 28.6. The molecule has 1 aliphatic carbocycles. The predicted molar refractivity (Wildman–Crippen MR) is 93.6 cm³/mol. The smallest absolute Gasteiger partial charge is 0.261 e. The molecule has 0 radical (unpaired) electrons. The first-order chi connectivity index (χ1) is 11.7. The number of nitrogens with one attached hydrogen (secondary N) is 2. The standard InChI is InChI=1S/C17H19N3O3S/c1-23-14-10-12(19-15(21)11-4-2-3-5-11)6-7-13(14)16(22)20-17-18-8-9-24-17/h6-11H,2-5H2,1H3,(H,19,21)(H,18,20,22). The number of methoxy groups -OCH3 is 1. The second-order valence-corrected chi connectivity index (χ2v) is 6.57. The van der Waals surface area contributed by atoms with Crippen LogP contribution in [0.4, 0.5) is 10.8 Å². The molecule has 0 atom stereocenters. The van der Waals surface area contributed by atoms with E-state index in [0.717, 1.165) is 25.7 Å². The van der Waals surface area contributed by atoms with Crippen molar-refractivity contribution in [2.75, 3.05) is 17.7 Å². The van der Waals surface area contributed by atoms with Gasteiger partial charge >= 0.3 is 0 Å². The molecule has 126 valence electrons. The molecular weight excluding hydrogens is 326 g/mol. The highest BCUT2D eigenvalue weighted by atomic mass is 32.1. The summed E-state index contributed by atoms with van der Waals surface area (Å²) < 4.78 is 5.30. The summed E-state index contributed by atoms with van der Waals surface area (Å²) in [7, 11) is 1.50. The van der Waals surface area contributed by atoms with Crippen molar-refractivity contribution >= 4 is 34.0 Å². The molecule has 6 nitrogen and oxygen atoms in total. The van der Waals surface area contributed by atoms with Gasteiger partial charge in [0, 0.05) is 29.2 Å². The largest absolute Gasteiger partial charge is 0.496 e. The van der Waals surface area contributed by atoms with Crippen molar-refractivity contribution in [3.8, 4) is 5.75 Å². The van der Waals surface area contributed by atoms with Gasteiger partial charge in [0.05, 0.1) is 12.7 Å². The van der Waals surface area contributed by atoms with E-state index in [0.29, 0.717) is 22.1 Å². The molecule has 24 heavy (non-hydrogen) atoms. The molecular formula is C17H19N3O3S. The molecule has 1 fully saturated rings. The first-order valence-electron chi connectivity index (χ1n) is 7.87. The molecule has 0 aliphatic heterocycles. The normalized spacial score (nSPS) is 14.4. The van der Waals surface area contributed by atoms with Crippen LogP contribution in [0, 0.1) is 5.92 Å². The molecule has 2 amide bonds. The van der Waals surface area contributed by atoms with Crippen LogP contribution >= 0.6 is 11.3 Å². The molecule has 1 aromatic heterocycles. The molecule has 2 aromatic rings. The molecule has 3 rings (SSSR count). The number of nitrogens with zero attached hydrogens (tertiary/aromatic N) is 1. The lowest BCUT2D eigenvalue weighted by Crippen LogP contribution is -2.20. The van der Waals surface area contributed by atoms with E-state index in [-0.39, 0.29) is 17.7 Å². The Bertz CT molecular complexity index is 725. The minimum atomic E-state index is -0.296. The van der Waals surface area contributed by atoms with Crippen LogP contribution in [0.1, 0.15) is 36.0 Å². The van der Waals surface area contributed by atoms with Crippen LogP contribution in [-0.2, 0) is 4.79 Å². The Morgan fingerprint density at radius 1 is 1.25 bits per heavy atom. The monoisotopic (exact) mass is 345 g/mol. The highest BCUT2D eigenvalue weighted by molar-refractivity contribution is 7.13. The van der Waals surface area contributed by atoms with Crippen molar-refractivity contribution in [1.82, 2.24) is 4.98 Å². The lowest BCUT2D eigenvalue weighted by atomic mass is 10.1. The summed E-state index contributed by atoms with van der Waals surface area (Å²) >= 11 is 1.34. The Morgan fingerprint density at radius 2 is 2.04 bits per heavy atom. The van der Waals surface area contributed by atoms with Gasteiger partial charge in [0.2, 0.25) is 5.91 Å². The van der Waals surface area contributed by atoms with Crippen LogP contribution < -0.4 is 15.4 Å². The van der Waals surface area contributed by atoms with Gasteiger partial charge in [-0.1, -0.05) is 12.8 Å². The topological polar surface area (TPSA) is 80.3 Å². The number of carbonyl (C=O) groups excluding carboxylic acids is 2. The fraction of sp³-hybridized carbons (Fsp3) is 0.353. The lowest BCUT2D eigenvalue weighted by Gasteiger charge is -2.13. The summed E-state index contributed by atoms with van der Waals surface area (Å²) in [5, 5.41) is 7.94. The van der Waals surface area contributed by atoms with E-state index in [1.807, 2.05) is 0 Å². The summed E-state index contributed by atoms with van der Waals surface area (Å²) in [6, 6.07) is 5.03. The quantitative estimate of drug-likeness (QED) is 0.869. The van der Waals surface area contributed by atoms with Crippen molar-refractivity contribution in [3.63, 3.8) is 0 Å². The third-order valence-electron chi connectivity index (χ3n) is 4.09. The van der Waals surface area contributed by atoms with Crippen LogP contribution in [0.15, 0.2) is 29.8 Å². The van der Waals surface area contributed by atoms with E-state index in [9.17, 15) is 9.59 Å². The molecule has 0 spiro atoms. The van der Waals surface area contributed by atoms with Gasteiger partial charge in [-0.3, -0.25) is 14.9 Å².